The molecule has 2 saturated heterocycles. The topological polar surface area (TPSA) is 111 Å². The number of nitrogens with zero attached hydrogens (tertiary/aromatic N) is 5. The Kier molecular flexibility index (Phi) is 5.62. The van der Waals surface area contributed by atoms with Crippen molar-refractivity contribution >= 4 is 30.3 Å². The molecule has 0 radical (unpaired) electrons. The largest absolute Gasteiger partial charge is 0.445 e. The van der Waals surface area contributed by atoms with Crippen molar-refractivity contribution < 1.29 is 19.2 Å². The Morgan fingerprint density at radius 2 is 1.97 bits per heavy atom. The van der Waals surface area contributed by atoms with Gasteiger partial charge in [-0.25, -0.2) is 9.78 Å². The van der Waals surface area contributed by atoms with Crippen LogP contribution >= 0.6 is 12.6 Å². The highest BCUT2D eigenvalue weighted by Crippen LogP contribution is 2.29. The monoisotopic (exact) mass is 431 g/mol. The molecule has 0 N–H and O–H groups in total. The number of amides is 2. The Morgan fingerprint density at radius 3 is 2.60 bits per heavy atom. The zero-order chi connectivity index (χ0) is 21.3. The first kappa shape index (κ1) is 20.2. The summed E-state index contributed by atoms with van der Waals surface area (Å²) in [5, 5.41) is 10.6. The van der Waals surface area contributed by atoms with E-state index in [2.05, 4.69) is 17.6 Å². The predicted octanol–water partition coefficient (Wildman–Crippen LogP) is 1.88. The first-order chi connectivity index (χ1) is 14.4. The minimum absolute atomic E-state index is 0.0299. The van der Waals surface area contributed by atoms with Gasteiger partial charge in [-0.05, 0) is 24.1 Å². The summed E-state index contributed by atoms with van der Waals surface area (Å²) in [6, 6.07) is 5.39. The summed E-state index contributed by atoms with van der Waals surface area (Å²) in [5.41, 5.74) is 0.598. The van der Waals surface area contributed by atoms with Gasteiger partial charge in [0.05, 0.1) is 17.3 Å². The molecule has 0 unspecified atom stereocenters. The molecule has 3 heterocycles. The molecule has 0 saturated carbocycles. The maximum Gasteiger partial charge on any atom is 0.410 e. The number of benzene rings is 1. The third kappa shape index (κ3) is 4.11. The number of aromatic nitrogens is 2. The highest BCUT2D eigenvalue weighted by atomic mass is 32.1. The number of imidazole rings is 1. The van der Waals surface area contributed by atoms with E-state index < -0.39 is 17.1 Å². The number of thiol groups is 1. The lowest BCUT2D eigenvalue weighted by atomic mass is 10.1. The molecular formula is C19H21N5O5S. The van der Waals surface area contributed by atoms with Crippen LogP contribution in [0.1, 0.15) is 18.0 Å². The molecule has 0 spiro atoms. The third-order valence-electron chi connectivity index (χ3n) is 5.43. The molecule has 2 amide bonds. The van der Waals surface area contributed by atoms with Gasteiger partial charge in [0.15, 0.2) is 0 Å². The lowest BCUT2D eigenvalue weighted by molar-refractivity contribution is -0.384. The molecule has 11 heteroatoms. The summed E-state index contributed by atoms with van der Waals surface area (Å²) >= 11 is 4.45. The van der Waals surface area contributed by atoms with Crippen molar-refractivity contribution in [1.82, 2.24) is 19.4 Å². The maximum absolute atomic E-state index is 12.9. The van der Waals surface area contributed by atoms with Gasteiger partial charge in [0.25, 0.3) is 5.69 Å². The van der Waals surface area contributed by atoms with E-state index >= 15 is 0 Å². The number of rotatable bonds is 5. The number of hydrogen-bond acceptors (Lipinski definition) is 7. The van der Waals surface area contributed by atoms with Crippen molar-refractivity contribution in [3.63, 3.8) is 0 Å². The van der Waals surface area contributed by atoms with Gasteiger partial charge >= 0.3 is 6.09 Å². The van der Waals surface area contributed by atoms with Crippen molar-refractivity contribution in [2.24, 2.45) is 0 Å². The zero-order valence-electron chi connectivity index (χ0n) is 16.0. The molecule has 0 aliphatic carbocycles. The molecule has 2 fully saturated rings. The Balaban J connectivity index is 1.33. The Hall–Kier alpha value is -3.08. The van der Waals surface area contributed by atoms with Crippen molar-refractivity contribution in [3.8, 4) is 0 Å². The third-order valence-corrected chi connectivity index (χ3v) is 5.80. The fourth-order valence-corrected chi connectivity index (χ4v) is 4.09. The van der Waals surface area contributed by atoms with Crippen LogP contribution in [0, 0.1) is 10.1 Å². The lowest BCUT2D eigenvalue weighted by Gasteiger charge is -2.42. The second kappa shape index (κ2) is 8.34. The molecule has 30 heavy (non-hydrogen) atoms. The van der Waals surface area contributed by atoms with Gasteiger partial charge in [0.1, 0.15) is 12.6 Å². The van der Waals surface area contributed by atoms with Gasteiger partial charge < -0.3 is 14.2 Å². The minimum atomic E-state index is -0.597. The fourth-order valence-electron chi connectivity index (χ4n) is 3.71. The van der Waals surface area contributed by atoms with E-state index in [4.69, 9.17) is 4.74 Å². The van der Waals surface area contributed by atoms with E-state index in [0.29, 0.717) is 31.6 Å². The van der Waals surface area contributed by atoms with Gasteiger partial charge in [-0.3, -0.25) is 19.8 Å². The molecule has 158 valence electrons. The zero-order valence-corrected chi connectivity index (χ0v) is 16.9. The van der Waals surface area contributed by atoms with Crippen molar-refractivity contribution in [1.29, 1.82) is 0 Å². The molecule has 2 aliphatic heterocycles. The smallest absolute Gasteiger partial charge is 0.410 e. The number of nitro groups is 1. The molecule has 10 nitrogen and oxygen atoms in total. The number of ether oxygens (including phenoxy) is 1. The summed E-state index contributed by atoms with van der Waals surface area (Å²) in [6.07, 6.45) is 5.19. The first-order valence-corrected chi connectivity index (χ1v) is 10.0. The molecule has 2 atom stereocenters. The van der Waals surface area contributed by atoms with Gasteiger partial charge in [-0.1, -0.05) is 0 Å². The Bertz CT molecular complexity index is 929. The summed E-state index contributed by atoms with van der Waals surface area (Å²) in [7, 11) is 0. The average molecular weight is 431 g/mol. The van der Waals surface area contributed by atoms with Gasteiger partial charge in [-0.2, -0.15) is 12.6 Å². The van der Waals surface area contributed by atoms with E-state index in [1.807, 2.05) is 10.8 Å². The van der Waals surface area contributed by atoms with Crippen molar-refractivity contribution in [2.45, 2.75) is 30.4 Å². The van der Waals surface area contributed by atoms with Crippen molar-refractivity contribution in [3.05, 3.63) is 58.7 Å². The fraction of sp³-hybridized carbons (Fsp3) is 0.421. The molecule has 1 aromatic heterocycles. The number of nitro benzene ring substituents is 1. The van der Waals surface area contributed by atoms with Crippen molar-refractivity contribution in [2.75, 3.05) is 19.6 Å². The van der Waals surface area contributed by atoms with E-state index in [1.54, 1.807) is 17.4 Å². The number of hydrogen-bond donors (Lipinski definition) is 1. The van der Waals surface area contributed by atoms with Crippen LogP contribution in [0.2, 0.25) is 0 Å². The second-order valence-corrected chi connectivity index (χ2v) is 8.17. The Morgan fingerprint density at radius 1 is 1.23 bits per heavy atom. The SMILES string of the molecule is O=C([C@@H]1C[C@H](S)CN1C(=O)OCc1ccc([N+](=O)[O-])cc1)N1CC(n2ccnc2)C1. The number of carbonyl (C=O) groups is 2. The molecular weight excluding hydrogens is 410 g/mol. The first-order valence-electron chi connectivity index (χ1n) is 9.53. The van der Waals surface area contributed by atoms with E-state index in [1.165, 1.54) is 29.2 Å². The van der Waals surface area contributed by atoms with E-state index in [0.717, 1.165) is 0 Å². The van der Waals surface area contributed by atoms with Gasteiger partial charge in [0, 0.05) is 49.4 Å². The summed E-state index contributed by atoms with van der Waals surface area (Å²) < 4.78 is 7.32. The number of non-ortho nitro benzene ring substituents is 1. The predicted molar refractivity (Wildman–Crippen MR) is 109 cm³/mol. The molecule has 2 aromatic rings. The van der Waals surface area contributed by atoms with E-state index in [-0.39, 0.29) is 29.5 Å². The normalized spacial score (nSPS) is 21.4. The van der Waals surface area contributed by atoms with Crippen LogP contribution in [0.4, 0.5) is 10.5 Å². The summed E-state index contributed by atoms with van der Waals surface area (Å²) in [4.78, 5) is 43.0. The summed E-state index contributed by atoms with van der Waals surface area (Å²) in [6.45, 7) is 1.46. The van der Waals surface area contributed by atoms with Crippen LogP contribution in [0.3, 0.4) is 0 Å². The summed E-state index contributed by atoms with van der Waals surface area (Å²) in [5.74, 6) is -0.102. The number of carbonyl (C=O) groups excluding carboxylic acids is 2. The second-order valence-electron chi connectivity index (χ2n) is 7.44. The van der Waals surface area contributed by atoms with Crippen LogP contribution in [0.15, 0.2) is 43.0 Å². The van der Waals surface area contributed by atoms with E-state index in [9.17, 15) is 19.7 Å². The molecule has 4 rings (SSSR count). The lowest BCUT2D eigenvalue weighted by Crippen LogP contribution is -2.56. The van der Waals surface area contributed by atoms with Gasteiger partial charge in [0.2, 0.25) is 5.91 Å². The van der Waals surface area contributed by atoms with Crippen LogP contribution in [-0.2, 0) is 16.1 Å². The van der Waals surface area contributed by atoms with Crippen LogP contribution < -0.4 is 0 Å². The van der Waals surface area contributed by atoms with Crippen LogP contribution in [-0.4, -0.2) is 67.2 Å². The van der Waals surface area contributed by atoms with Crippen LogP contribution in [0.5, 0.6) is 0 Å². The molecule has 0 bridgehead atoms. The molecule has 2 aliphatic rings. The highest BCUT2D eigenvalue weighted by Gasteiger charge is 2.44. The highest BCUT2D eigenvalue weighted by molar-refractivity contribution is 7.81. The molecule has 1 aromatic carbocycles. The van der Waals surface area contributed by atoms with Gasteiger partial charge in [-0.15, -0.1) is 0 Å². The average Bonchev–Trinajstić information content (AvgIpc) is 3.35. The standard InChI is InChI=1S/C19H21N5O5S/c25-18(22-8-15(9-22)21-6-5-20-12-21)17-7-16(30)10-23(17)19(26)29-11-13-1-3-14(4-2-13)24(27)28/h1-6,12,15-17,30H,7-11H2/t16-,17-/m0/s1. The minimum Gasteiger partial charge on any atom is -0.445 e. The maximum atomic E-state index is 12.9. The van der Waals surface area contributed by atoms with Crippen LogP contribution in [0.25, 0.3) is 0 Å². The Labute approximate surface area is 178 Å². The quantitative estimate of drug-likeness (QED) is 0.440. The number of likely N-dealkylation sites (tertiary alicyclic amines) is 2.